The maximum absolute atomic E-state index is 12.4. The van der Waals surface area contributed by atoms with Gasteiger partial charge in [0, 0.05) is 19.7 Å². The van der Waals surface area contributed by atoms with Crippen molar-refractivity contribution < 1.29 is 14.0 Å². The van der Waals surface area contributed by atoms with Gasteiger partial charge in [-0.25, -0.2) is 4.79 Å². The Morgan fingerprint density at radius 1 is 1.19 bits per heavy atom. The van der Waals surface area contributed by atoms with Crippen LogP contribution in [0.25, 0.3) is 11.1 Å². The number of aromatic nitrogens is 1. The van der Waals surface area contributed by atoms with Gasteiger partial charge in [-0.05, 0) is 30.3 Å². The molecule has 2 aromatic carbocycles. The summed E-state index contributed by atoms with van der Waals surface area (Å²) < 4.78 is 6.33. The zero-order valence-electron chi connectivity index (χ0n) is 14.2. The van der Waals surface area contributed by atoms with Crippen molar-refractivity contribution >= 4 is 40.2 Å². The molecule has 0 unspecified atom stereocenters. The molecule has 134 valence electrons. The molecule has 0 aliphatic rings. The first-order valence-electron chi connectivity index (χ1n) is 7.76. The van der Waals surface area contributed by atoms with Crippen molar-refractivity contribution in [2.75, 3.05) is 19.4 Å². The van der Waals surface area contributed by atoms with E-state index in [0.717, 1.165) is 0 Å². The highest BCUT2D eigenvalue weighted by molar-refractivity contribution is 6.33. The highest BCUT2D eigenvalue weighted by Crippen LogP contribution is 2.24. The number of oxazole rings is 1. The first kappa shape index (κ1) is 17.8. The third-order valence-corrected chi connectivity index (χ3v) is 4.10. The fourth-order valence-corrected chi connectivity index (χ4v) is 2.67. The summed E-state index contributed by atoms with van der Waals surface area (Å²) in [5.41, 5.74) is 1.61. The molecule has 2 amide bonds. The van der Waals surface area contributed by atoms with Crippen LogP contribution in [-0.4, -0.2) is 35.4 Å². The number of nitrogens with one attached hydrogen (secondary N) is 1. The van der Waals surface area contributed by atoms with Crippen LogP contribution in [-0.2, 0) is 11.3 Å². The Labute approximate surface area is 153 Å². The summed E-state index contributed by atoms with van der Waals surface area (Å²) >= 11 is 6.11. The molecule has 0 fully saturated rings. The topological polar surface area (TPSA) is 84.5 Å². The molecule has 0 radical (unpaired) electrons. The largest absolute Gasteiger partial charge is 0.420 e. The molecule has 0 aliphatic heterocycles. The number of amides is 2. The van der Waals surface area contributed by atoms with Crippen molar-refractivity contribution in [1.82, 2.24) is 9.47 Å². The monoisotopic (exact) mass is 373 g/mol. The number of para-hydroxylation sites is 2. The summed E-state index contributed by atoms with van der Waals surface area (Å²) in [5, 5.41) is 2.92. The van der Waals surface area contributed by atoms with Gasteiger partial charge in [-0.3, -0.25) is 14.2 Å². The zero-order chi connectivity index (χ0) is 18.8. The average Bonchev–Trinajstić information content (AvgIpc) is 2.92. The second-order valence-corrected chi connectivity index (χ2v) is 6.27. The fraction of sp³-hybridized carbons (Fsp3) is 0.167. The van der Waals surface area contributed by atoms with Crippen molar-refractivity contribution in [3.05, 3.63) is 63.6 Å². The summed E-state index contributed by atoms with van der Waals surface area (Å²) in [6.07, 6.45) is 0. The first-order valence-corrected chi connectivity index (χ1v) is 8.14. The molecule has 8 heteroatoms. The number of rotatable bonds is 4. The first-order chi connectivity index (χ1) is 12.4. The predicted molar refractivity (Wildman–Crippen MR) is 98.6 cm³/mol. The van der Waals surface area contributed by atoms with Crippen LogP contribution in [0.3, 0.4) is 0 Å². The quantitative estimate of drug-likeness (QED) is 0.761. The lowest BCUT2D eigenvalue weighted by molar-refractivity contribution is -0.116. The number of fused-ring (bicyclic) bond motifs is 1. The maximum atomic E-state index is 12.4. The standard InChI is InChI=1S/C18H16ClN3O4/c1-21(2)17(24)11-7-8-12(19)13(9-11)20-16(23)10-22-14-5-3-4-6-15(14)26-18(22)25/h3-9H,10H2,1-2H3,(H,20,23). The van der Waals surface area contributed by atoms with Crippen LogP contribution in [0.2, 0.25) is 5.02 Å². The molecular formula is C18H16ClN3O4. The Morgan fingerprint density at radius 3 is 2.65 bits per heavy atom. The summed E-state index contributed by atoms with van der Waals surface area (Å²) in [5.74, 6) is -1.30. The van der Waals surface area contributed by atoms with Crippen LogP contribution in [0, 0.1) is 0 Å². The van der Waals surface area contributed by atoms with Gasteiger partial charge in [0.2, 0.25) is 5.91 Å². The van der Waals surface area contributed by atoms with Gasteiger partial charge in [-0.1, -0.05) is 23.7 Å². The van der Waals surface area contributed by atoms with E-state index in [1.54, 1.807) is 44.4 Å². The van der Waals surface area contributed by atoms with E-state index in [4.69, 9.17) is 16.0 Å². The van der Waals surface area contributed by atoms with Gasteiger partial charge in [0.05, 0.1) is 16.2 Å². The van der Waals surface area contributed by atoms with Gasteiger partial charge in [0.15, 0.2) is 5.58 Å². The molecule has 1 heterocycles. The molecule has 3 aromatic rings. The Morgan fingerprint density at radius 2 is 1.92 bits per heavy atom. The second-order valence-electron chi connectivity index (χ2n) is 5.86. The third-order valence-electron chi connectivity index (χ3n) is 3.77. The van der Waals surface area contributed by atoms with Gasteiger partial charge in [-0.2, -0.15) is 0 Å². The lowest BCUT2D eigenvalue weighted by Crippen LogP contribution is -2.25. The van der Waals surface area contributed by atoms with Crippen LogP contribution in [0.15, 0.2) is 51.7 Å². The molecule has 0 bridgehead atoms. The molecule has 1 N–H and O–H groups in total. The molecule has 0 saturated carbocycles. The number of halogens is 1. The Bertz CT molecular complexity index is 1050. The van der Waals surface area contributed by atoms with Crippen LogP contribution < -0.4 is 11.1 Å². The number of hydrogen-bond acceptors (Lipinski definition) is 4. The summed E-state index contributed by atoms with van der Waals surface area (Å²) in [6, 6.07) is 11.4. The molecule has 0 aliphatic carbocycles. The Balaban J connectivity index is 1.84. The highest BCUT2D eigenvalue weighted by Gasteiger charge is 2.15. The highest BCUT2D eigenvalue weighted by atomic mass is 35.5. The van der Waals surface area contributed by atoms with E-state index in [0.29, 0.717) is 22.4 Å². The fourth-order valence-electron chi connectivity index (χ4n) is 2.51. The van der Waals surface area contributed by atoms with Gasteiger partial charge < -0.3 is 14.6 Å². The number of carbonyl (C=O) groups is 2. The van der Waals surface area contributed by atoms with E-state index < -0.39 is 11.7 Å². The molecule has 0 saturated heterocycles. The molecule has 26 heavy (non-hydrogen) atoms. The lowest BCUT2D eigenvalue weighted by atomic mass is 10.2. The summed E-state index contributed by atoms with van der Waals surface area (Å²) in [4.78, 5) is 37.8. The van der Waals surface area contributed by atoms with Gasteiger partial charge >= 0.3 is 5.76 Å². The van der Waals surface area contributed by atoms with Gasteiger partial charge in [0.25, 0.3) is 5.91 Å². The van der Waals surface area contributed by atoms with E-state index >= 15 is 0 Å². The number of anilines is 1. The van der Waals surface area contributed by atoms with Crippen molar-refractivity contribution in [3.63, 3.8) is 0 Å². The van der Waals surface area contributed by atoms with E-state index in [1.165, 1.54) is 21.6 Å². The normalized spacial score (nSPS) is 10.7. The predicted octanol–water partition coefficient (Wildman–Crippen LogP) is 2.59. The number of carbonyl (C=O) groups excluding carboxylic acids is 2. The van der Waals surface area contributed by atoms with Crippen LogP contribution in [0.4, 0.5) is 5.69 Å². The summed E-state index contributed by atoms with van der Waals surface area (Å²) in [6.45, 7) is -0.238. The average molecular weight is 374 g/mol. The minimum absolute atomic E-state index is 0.214. The number of benzene rings is 2. The van der Waals surface area contributed by atoms with Gasteiger partial charge in [-0.15, -0.1) is 0 Å². The van der Waals surface area contributed by atoms with E-state index in [-0.39, 0.29) is 17.5 Å². The van der Waals surface area contributed by atoms with E-state index in [9.17, 15) is 14.4 Å². The second kappa shape index (κ2) is 7.05. The summed E-state index contributed by atoms with van der Waals surface area (Å²) in [7, 11) is 3.26. The van der Waals surface area contributed by atoms with Crippen LogP contribution >= 0.6 is 11.6 Å². The Hall–Kier alpha value is -3.06. The molecular weight excluding hydrogens is 358 g/mol. The molecule has 0 spiro atoms. The van der Waals surface area contributed by atoms with Crippen molar-refractivity contribution in [1.29, 1.82) is 0 Å². The third kappa shape index (κ3) is 3.48. The van der Waals surface area contributed by atoms with Crippen molar-refractivity contribution in [3.8, 4) is 0 Å². The Kier molecular flexibility index (Phi) is 4.81. The minimum atomic E-state index is -0.621. The molecule has 1 aromatic heterocycles. The SMILES string of the molecule is CN(C)C(=O)c1ccc(Cl)c(NC(=O)Cn2c(=O)oc3ccccc32)c1. The molecule has 3 rings (SSSR count). The van der Waals surface area contributed by atoms with Crippen LogP contribution in [0.5, 0.6) is 0 Å². The minimum Gasteiger partial charge on any atom is -0.408 e. The lowest BCUT2D eigenvalue weighted by Gasteiger charge is -2.13. The smallest absolute Gasteiger partial charge is 0.408 e. The van der Waals surface area contributed by atoms with Crippen molar-refractivity contribution in [2.24, 2.45) is 0 Å². The van der Waals surface area contributed by atoms with E-state index in [1.807, 2.05) is 0 Å². The maximum Gasteiger partial charge on any atom is 0.420 e. The van der Waals surface area contributed by atoms with E-state index in [2.05, 4.69) is 5.32 Å². The van der Waals surface area contributed by atoms with Crippen molar-refractivity contribution in [2.45, 2.75) is 6.54 Å². The van der Waals surface area contributed by atoms with Gasteiger partial charge in [0.1, 0.15) is 6.54 Å². The van der Waals surface area contributed by atoms with Crippen LogP contribution in [0.1, 0.15) is 10.4 Å². The zero-order valence-corrected chi connectivity index (χ0v) is 14.9. The number of nitrogens with zero attached hydrogens (tertiary/aromatic N) is 2. The number of hydrogen-bond donors (Lipinski definition) is 1. The molecule has 7 nitrogen and oxygen atoms in total. The molecule has 0 atom stereocenters.